The summed E-state index contributed by atoms with van der Waals surface area (Å²) in [7, 11) is 0. The fourth-order valence-corrected chi connectivity index (χ4v) is 2.27. The molecule has 1 fully saturated rings. The average Bonchev–Trinajstić information content (AvgIpc) is 2.38. The lowest BCUT2D eigenvalue weighted by molar-refractivity contribution is 0.231. The summed E-state index contributed by atoms with van der Waals surface area (Å²) in [6.07, 6.45) is 8.37. The van der Waals surface area contributed by atoms with Crippen LogP contribution in [0.2, 0.25) is 0 Å². The second-order valence-electron chi connectivity index (χ2n) is 4.66. The second kappa shape index (κ2) is 6.00. The molecule has 2 nitrogen and oxygen atoms in total. The minimum Gasteiger partial charge on any atom is -0.303 e. The predicted molar refractivity (Wildman–Crippen MR) is 67.6 cm³/mol. The van der Waals surface area contributed by atoms with Gasteiger partial charge in [-0.05, 0) is 44.0 Å². The van der Waals surface area contributed by atoms with Crippen molar-refractivity contribution in [1.82, 2.24) is 9.88 Å². The van der Waals surface area contributed by atoms with Crippen LogP contribution in [-0.4, -0.2) is 29.5 Å². The number of rotatable bonds is 4. The number of piperidine rings is 1. The van der Waals surface area contributed by atoms with E-state index in [-0.39, 0.29) is 0 Å². The molecule has 16 heavy (non-hydrogen) atoms. The van der Waals surface area contributed by atoms with Crippen molar-refractivity contribution in [1.29, 1.82) is 0 Å². The van der Waals surface area contributed by atoms with Gasteiger partial charge in [0.2, 0.25) is 0 Å². The first-order valence-corrected chi connectivity index (χ1v) is 6.54. The van der Waals surface area contributed by atoms with Crippen molar-refractivity contribution in [2.24, 2.45) is 0 Å². The molecule has 0 bridgehead atoms. The molecular weight excluding hydrogens is 196 g/mol. The van der Waals surface area contributed by atoms with Crippen LogP contribution in [0.5, 0.6) is 0 Å². The Hall–Kier alpha value is -0.890. The summed E-state index contributed by atoms with van der Waals surface area (Å²) >= 11 is 0. The normalized spacial score (nSPS) is 17.6. The zero-order chi connectivity index (χ0) is 11.2. The molecule has 0 atom stereocenters. The van der Waals surface area contributed by atoms with E-state index in [2.05, 4.69) is 28.9 Å². The third-order valence-corrected chi connectivity index (χ3v) is 3.43. The molecule has 0 saturated carbocycles. The lowest BCUT2D eigenvalue weighted by atomic mass is 10.1. The Labute approximate surface area is 98.7 Å². The third-order valence-electron chi connectivity index (χ3n) is 3.43. The summed E-state index contributed by atoms with van der Waals surface area (Å²) in [5, 5.41) is 0. The largest absolute Gasteiger partial charge is 0.303 e. The quantitative estimate of drug-likeness (QED) is 0.772. The molecule has 2 heteroatoms. The lowest BCUT2D eigenvalue weighted by Crippen LogP contribution is -2.31. The zero-order valence-corrected chi connectivity index (χ0v) is 10.3. The summed E-state index contributed by atoms with van der Waals surface area (Å²) in [5.74, 6) is 0. The van der Waals surface area contributed by atoms with Gasteiger partial charge in [0.1, 0.15) is 0 Å². The number of hydrogen-bond donors (Lipinski definition) is 0. The Morgan fingerprint density at radius 1 is 1.19 bits per heavy atom. The van der Waals surface area contributed by atoms with Gasteiger partial charge < -0.3 is 4.90 Å². The molecule has 0 aromatic carbocycles. The van der Waals surface area contributed by atoms with Crippen molar-refractivity contribution in [3.63, 3.8) is 0 Å². The molecule has 0 unspecified atom stereocenters. The van der Waals surface area contributed by atoms with Crippen LogP contribution in [0.4, 0.5) is 0 Å². The minimum atomic E-state index is 1.08. The van der Waals surface area contributed by atoms with Crippen LogP contribution < -0.4 is 0 Å². The Bertz CT molecular complexity index is 299. The van der Waals surface area contributed by atoms with E-state index < -0.39 is 0 Å². The maximum absolute atomic E-state index is 4.51. The van der Waals surface area contributed by atoms with Crippen molar-refractivity contribution >= 4 is 0 Å². The third kappa shape index (κ3) is 3.31. The van der Waals surface area contributed by atoms with Crippen molar-refractivity contribution in [3.05, 3.63) is 29.6 Å². The van der Waals surface area contributed by atoms with E-state index in [1.54, 1.807) is 0 Å². The molecule has 0 radical (unpaired) electrons. The van der Waals surface area contributed by atoms with Crippen molar-refractivity contribution in [3.8, 4) is 0 Å². The molecule has 2 heterocycles. The van der Waals surface area contributed by atoms with Crippen LogP contribution in [-0.2, 0) is 12.8 Å². The highest BCUT2D eigenvalue weighted by Crippen LogP contribution is 2.09. The Kier molecular flexibility index (Phi) is 4.34. The Balaban J connectivity index is 1.79. The summed E-state index contributed by atoms with van der Waals surface area (Å²) < 4.78 is 0. The second-order valence-corrected chi connectivity index (χ2v) is 4.66. The zero-order valence-electron chi connectivity index (χ0n) is 10.3. The minimum absolute atomic E-state index is 1.08. The van der Waals surface area contributed by atoms with E-state index in [9.17, 15) is 0 Å². The van der Waals surface area contributed by atoms with E-state index in [4.69, 9.17) is 0 Å². The van der Waals surface area contributed by atoms with Gasteiger partial charge in [-0.15, -0.1) is 0 Å². The molecule has 1 aromatic rings. The maximum atomic E-state index is 4.51. The highest BCUT2D eigenvalue weighted by molar-refractivity contribution is 5.14. The van der Waals surface area contributed by atoms with Crippen LogP contribution in [0.25, 0.3) is 0 Å². The molecule has 1 aliphatic rings. The van der Waals surface area contributed by atoms with Gasteiger partial charge in [-0.1, -0.05) is 19.4 Å². The average molecular weight is 218 g/mol. The van der Waals surface area contributed by atoms with Gasteiger partial charge >= 0.3 is 0 Å². The van der Waals surface area contributed by atoms with Crippen LogP contribution in [0.15, 0.2) is 18.3 Å². The molecule has 0 spiro atoms. The molecule has 0 aliphatic carbocycles. The molecule has 1 aromatic heterocycles. The van der Waals surface area contributed by atoms with Gasteiger partial charge in [0, 0.05) is 24.9 Å². The highest BCUT2D eigenvalue weighted by Gasteiger charge is 2.09. The fourth-order valence-electron chi connectivity index (χ4n) is 2.27. The van der Waals surface area contributed by atoms with Crippen LogP contribution in [0, 0.1) is 0 Å². The summed E-state index contributed by atoms with van der Waals surface area (Å²) in [4.78, 5) is 7.08. The van der Waals surface area contributed by atoms with E-state index in [1.165, 1.54) is 50.2 Å². The molecule has 0 amide bonds. The number of hydrogen-bond acceptors (Lipinski definition) is 2. The molecule has 1 aliphatic heterocycles. The first-order chi connectivity index (χ1) is 7.88. The van der Waals surface area contributed by atoms with Gasteiger partial charge in [-0.3, -0.25) is 4.98 Å². The summed E-state index contributed by atoms with van der Waals surface area (Å²) in [6, 6.07) is 4.39. The smallest absolute Gasteiger partial charge is 0.0416 e. The first-order valence-electron chi connectivity index (χ1n) is 6.54. The van der Waals surface area contributed by atoms with Gasteiger partial charge in [-0.2, -0.15) is 0 Å². The van der Waals surface area contributed by atoms with E-state index in [1.807, 2.05) is 6.20 Å². The van der Waals surface area contributed by atoms with E-state index in [0.717, 1.165) is 12.8 Å². The first kappa shape index (κ1) is 11.6. The van der Waals surface area contributed by atoms with E-state index >= 15 is 0 Å². The molecule has 0 N–H and O–H groups in total. The topological polar surface area (TPSA) is 16.1 Å². The van der Waals surface area contributed by atoms with Crippen molar-refractivity contribution < 1.29 is 0 Å². The van der Waals surface area contributed by atoms with Gasteiger partial charge in [0.05, 0.1) is 0 Å². The SMILES string of the molecule is CCc1ccc(CCN2CCCCC2)nc1. The van der Waals surface area contributed by atoms with Crippen molar-refractivity contribution in [2.75, 3.05) is 19.6 Å². The van der Waals surface area contributed by atoms with Gasteiger partial charge in [0.25, 0.3) is 0 Å². The standard InChI is InChI=1S/C14H22N2/c1-2-13-6-7-14(15-12-13)8-11-16-9-4-3-5-10-16/h6-7,12H,2-5,8-11H2,1H3. The molecule has 88 valence electrons. The Morgan fingerprint density at radius 2 is 2.00 bits per heavy atom. The number of aryl methyl sites for hydroxylation is 1. The number of aromatic nitrogens is 1. The number of nitrogens with zero attached hydrogens (tertiary/aromatic N) is 2. The summed E-state index contributed by atoms with van der Waals surface area (Å²) in [5.41, 5.74) is 2.57. The molecule has 2 rings (SSSR count). The van der Waals surface area contributed by atoms with Gasteiger partial charge in [0.15, 0.2) is 0 Å². The summed E-state index contributed by atoms with van der Waals surface area (Å²) in [6.45, 7) is 5.92. The highest BCUT2D eigenvalue weighted by atomic mass is 15.1. The fraction of sp³-hybridized carbons (Fsp3) is 0.643. The van der Waals surface area contributed by atoms with Crippen LogP contribution >= 0.6 is 0 Å². The Morgan fingerprint density at radius 3 is 2.62 bits per heavy atom. The van der Waals surface area contributed by atoms with Gasteiger partial charge in [-0.25, -0.2) is 0 Å². The van der Waals surface area contributed by atoms with Crippen LogP contribution in [0.3, 0.4) is 0 Å². The van der Waals surface area contributed by atoms with Crippen molar-refractivity contribution in [2.45, 2.75) is 39.0 Å². The predicted octanol–water partition coefficient (Wildman–Crippen LogP) is 2.67. The molecule has 1 saturated heterocycles. The molecular formula is C14H22N2. The lowest BCUT2D eigenvalue weighted by Gasteiger charge is -2.26. The maximum Gasteiger partial charge on any atom is 0.0416 e. The number of likely N-dealkylation sites (tertiary alicyclic amines) is 1. The van der Waals surface area contributed by atoms with Crippen LogP contribution in [0.1, 0.15) is 37.4 Å². The monoisotopic (exact) mass is 218 g/mol. The van der Waals surface area contributed by atoms with E-state index in [0.29, 0.717) is 0 Å². The number of pyridine rings is 1.